The van der Waals surface area contributed by atoms with E-state index in [2.05, 4.69) is 15.5 Å². The molecule has 1 aromatic carbocycles. The summed E-state index contributed by atoms with van der Waals surface area (Å²) in [4.78, 5) is 26.2. The average Bonchev–Trinajstić information content (AvgIpc) is 3.36. The smallest absolute Gasteiger partial charge is 0.460 e. The van der Waals surface area contributed by atoms with E-state index in [1.54, 1.807) is 43.1 Å². The lowest BCUT2D eigenvalue weighted by atomic mass is 10.1. The number of amides is 1. The number of esters is 1. The minimum atomic E-state index is -0.533. The van der Waals surface area contributed by atoms with Crippen LogP contribution >= 0.6 is 0 Å². The number of carbonyl (C=O) groups is 2. The van der Waals surface area contributed by atoms with E-state index in [1.165, 1.54) is 0 Å². The van der Waals surface area contributed by atoms with Gasteiger partial charge in [0.05, 0.1) is 31.3 Å². The van der Waals surface area contributed by atoms with Crippen LogP contribution in [0.15, 0.2) is 30.6 Å². The fourth-order valence-corrected chi connectivity index (χ4v) is 4.35. The first-order chi connectivity index (χ1) is 18.4. The summed E-state index contributed by atoms with van der Waals surface area (Å²) >= 11 is 0. The van der Waals surface area contributed by atoms with Crippen LogP contribution in [0.3, 0.4) is 0 Å². The Morgan fingerprint density at radius 3 is 2.54 bits per heavy atom. The van der Waals surface area contributed by atoms with Crippen molar-refractivity contribution in [2.24, 2.45) is 0 Å². The first-order valence-corrected chi connectivity index (χ1v) is 13.0. The highest BCUT2D eigenvalue weighted by Crippen LogP contribution is 2.27. The van der Waals surface area contributed by atoms with Crippen molar-refractivity contribution in [3.63, 3.8) is 0 Å². The van der Waals surface area contributed by atoms with Crippen LogP contribution in [0.4, 0.5) is 10.7 Å². The zero-order chi connectivity index (χ0) is 28.3. The molecule has 13 heteroatoms. The summed E-state index contributed by atoms with van der Waals surface area (Å²) in [7, 11) is 0. The number of nitrogens with one attached hydrogen (secondary N) is 1. The average molecular weight is 542 g/mol. The molecule has 1 aliphatic rings. The molecule has 0 saturated carbocycles. The summed E-state index contributed by atoms with van der Waals surface area (Å²) in [5.74, 6) is -0.613. The van der Waals surface area contributed by atoms with E-state index in [0.717, 1.165) is 18.4 Å². The van der Waals surface area contributed by atoms with E-state index in [-0.39, 0.29) is 48.2 Å². The first-order valence-electron chi connectivity index (χ1n) is 13.0. The minimum absolute atomic E-state index is 0.0275. The lowest BCUT2D eigenvalue weighted by molar-refractivity contribution is -0.672. The summed E-state index contributed by atoms with van der Waals surface area (Å²) in [6.45, 7) is 10.3. The van der Waals surface area contributed by atoms with Crippen molar-refractivity contribution < 1.29 is 28.6 Å². The molecule has 210 valence electrons. The third kappa shape index (κ3) is 6.84. The topological polar surface area (TPSA) is 152 Å². The number of rotatable bonds is 7. The zero-order valence-electron chi connectivity index (χ0n) is 22.9. The minimum Gasteiger partial charge on any atom is -0.739 e. The van der Waals surface area contributed by atoms with Gasteiger partial charge in [-0.2, -0.15) is 5.10 Å². The second kappa shape index (κ2) is 11.3. The van der Waals surface area contributed by atoms with Gasteiger partial charge in [-0.25, -0.2) is 9.52 Å². The summed E-state index contributed by atoms with van der Waals surface area (Å²) in [5.41, 5.74) is 1.21. The van der Waals surface area contributed by atoms with E-state index in [0.29, 0.717) is 28.2 Å². The van der Waals surface area contributed by atoms with E-state index in [1.807, 2.05) is 31.6 Å². The first kappa shape index (κ1) is 27.9. The Hall–Kier alpha value is -4.16. The van der Waals surface area contributed by atoms with E-state index in [9.17, 15) is 20.0 Å². The molecule has 1 fully saturated rings. The third-order valence-electron chi connectivity index (χ3n) is 6.18. The molecular formula is C26H35N7O6. The molecule has 3 aromatic rings. The van der Waals surface area contributed by atoms with Crippen molar-refractivity contribution in [3.05, 3.63) is 41.0 Å². The van der Waals surface area contributed by atoms with Crippen molar-refractivity contribution in [3.8, 4) is 11.1 Å². The number of carbonyl (C=O) groups excluding carboxylic acids is 2. The molecule has 2 aromatic heterocycles. The molecular weight excluding hydrogens is 506 g/mol. The number of anilines is 1. The third-order valence-corrected chi connectivity index (χ3v) is 6.18. The van der Waals surface area contributed by atoms with E-state index >= 15 is 0 Å². The molecule has 39 heavy (non-hydrogen) atoms. The molecule has 0 bridgehead atoms. The monoisotopic (exact) mass is 541 g/mol. The molecule has 4 rings (SSSR count). The van der Waals surface area contributed by atoms with Gasteiger partial charge in [0, 0.05) is 35.8 Å². The Morgan fingerprint density at radius 2 is 1.87 bits per heavy atom. The molecule has 1 saturated heterocycles. The van der Waals surface area contributed by atoms with Crippen LogP contribution in [0.2, 0.25) is 0 Å². The van der Waals surface area contributed by atoms with Crippen LogP contribution in [0.5, 0.6) is 0 Å². The largest absolute Gasteiger partial charge is 0.739 e. The maximum absolute atomic E-state index is 12.8. The number of benzene rings is 1. The molecule has 0 unspecified atom stereocenters. The number of nitrogens with zero attached hydrogens (tertiary/aromatic N) is 6. The standard InChI is InChI=1S/C26H35N7O6/c1-17(2)38-23(34)8-11-27-24-29-33(37)22-14-18(6-7-21(22)32(24)36)19-15-28-31(16-19)20-9-12-30(13-10-20)25(35)39-26(3,4)5/h6-7,14-17,20H,8-13H2,1-5H3,(H,27,29). The molecule has 0 radical (unpaired) electrons. The van der Waals surface area contributed by atoms with Crippen LogP contribution in [-0.2, 0) is 14.3 Å². The predicted octanol–water partition coefficient (Wildman–Crippen LogP) is 2.69. The van der Waals surface area contributed by atoms with Gasteiger partial charge in [0.25, 0.3) is 5.52 Å². The Kier molecular flexibility index (Phi) is 8.07. The van der Waals surface area contributed by atoms with Crippen molar-refractivity contribution in [1.82, 2.24) is 19.8 Å². The van der Waals surface area contributed by atoms with Crippen LogP contribution in [0, 0.1) is 10.4 Å². The highest BCUT2D eigenvalue weighted by molar-refractivity contribution is 5.77. The SMILES string of the molecule is CC(C)OC(=O)CCNc1n[n+]([O-])c2cc(-c3cnn(C4CCN(C(=O)OC(C)(C)C)CC4)c3)ccc2[n+]1[O-]. The predicted molar refractivity (Wildman–Crippen MR) is 141 cm³/mol. The molecule has 1 N–H and O–H groups in total. The van der Waals surface area contributed by atoms with Crippen molar-refractivity contribution in [2.45, 2.75) is 71.6 Å². The van der Waals surface area contributed by atoms with Crippen molar-refractivity contribution in [2.75, 3.05) is 25.0 Å². The van der Waals surface area contributed by atoms with Gasteiger partial charge in [-0.1, -0.05) is 6.07 Å². The number of likely N-dealkylation sites (tertiary alicyclic amines) is 1. The molecule has 0 atom stereocenters. The second-order valence-corrected chi connectivity index (χ2v) is 10.8. The maximum atomic E-state index is 12.8. The van der Waals surface area contributed by atoms with E-state index < -0.39 is 11.6 Å². The molecule has 0 aliphatic carbocycles. The normalized spacial score (nSPS) is 14.6. The Labute approximate surface area is 226 Å². The number of hydrogen-bond donors (Lipinski definition) is 1. The summed E-state index contributed by atoms with van der Waals surface area (Å²) in [5, 5.41) is 36.5. The lowest BCUT2D eigenvalue weighted by Gasteiger charge is -2.33. The lowest BCUT2D eigenvalue weighted by Crippen LogP contribution is -2.44. The van der Waals surface area contributed by atoms with Gasteiger partial charge in [0.2, 0.25) is 5.10 Å². The van der Waals surface area contributed by atoms with Crippen LogP contribution in [0.25, 0.3) is 22.2 Å². The van der Waals surface area contributed by atoms with Gasteiger partial charge in [-0.3, -0.25) is 14.8 Å². The molecule has 1 amide bonds. The highest BCUT2D eigenvalue weighted by atomic mass is 16.6. The number of ether oxygens (including phenoxy) is 2. The van der Waals surface area contributed by atoms with E-state index in [4.69, 9.17) is 9.47 Å². The summed E-state index contributed by atoms with van der Waals surface area (Å²) in [6.07, 6.45) is 4.58. The Morgan fingerprint density at radius 1 is 1.15 bits per heavy atom. The second-order valence-electron chi connectivity index (χ2n) is 10.8. The van der Waals surface area contributed by atoms with Gasteiger partial charge >= 0.3 is 18.0 Å². The summed E-state index contributed by atoms with van der Waals surface area (Å²) in [6, 6.07) is 5.02. The Balaban J connectivity index is 1.43. The quantitative estimate of drug-likeness (QED) is 0.270. The fourth-order valence-electron chi connectivity index (χ4n) is 4.35. The Bertz CT molecular complexity index is 1340. The van der Waals surface area contributed by atoms with Gasteiger partial charge in [0.15, 0.2) is 5.52 Å². The van der Waals surface area contributed by atoms with Crippen LogP contribution in [0.1, 0.15) is 59.9 Å². The molecule has 1 aliphatic heterocycles. The summed E-state index contributed by atoms with van der Waals surface area (Å²) < 4.78 is 12.9. The van der Waals surface area contributed by atoms with Crippen molar-refractivity contribution >= 4 is 29.0 Å². The highest BCUT2D eigenvalue weighted by Gasteiger charge is 2.28. The number of hydrogen-bond acceptors (Lipinski definition) is 9. The van der Waals surface area contributed by atoms with Gasteiger partial charge in [0.1, 0.15) is 5.60 Å². The maximum Gasteiger partial charge on any atom is 0.460 e. The number of piperidine rings is 1. The zero-order valence-corrected chi connectivity index (χ0v) is 22.9. The van der Waals surface area contributed by atoms with Crippen LogP contribution < -0.4 is 14.9 Å². The molecule has 3 heterocycles. The van der Waals surface area contributed by atoms with Gasteiger partial charge < -0.3 is 24.8 Å². The van der Waals surface area contributed by atoms with Crippen LogP contribution in [-0.4, -0.2) is 63.2 Å². The number of aromatic nitrogens is 5. The number of fused-ring (bicyclic) bond motifs is 1. The fraction of sp³-hybridized carbons (Fsp3) is 0.538. The molecule has 0 spiro atoms. The van der Waals surface area contributed by atoms with Gasteiger partial charge in [-0.15, -0.1) is 0 Å². The molecule has 13 nitrogen and oxygen atoms in total. The van der Waals surface area contributed by atoms with Crippen molar-refractivity contribution in [1.29, 1.82) is 0 Å². The van der Waals surface area contributed by atoms with Gasteiger partial charge in [-0.05, 0) is 59.1 Å².